The lowest BCUT2D eigenvalue weighted by Crippen LogP contribution is -2.45. The van der Waals surface area contributed by atoms with Crippen molar-refractivity contribution in [2.45, 2.75) is 32.9 Å². The molecule has 0 heterocycles. The third-order valence-electron chi connectivity index (χ3n) is 5.32. The Morgan fingerprint density at radius 1 is 0.906 bits per heavy atom. The largest absolute Gasteiger partial charge is 0.497 e. The van der Waals surface area contributed by atoms with Gasteiger partial charge in [-0.05, 0) is 60.4 Å². The van der Waals surface area contributed by atoms with E-state index in [1.54, 1.807) is 31.4 Å². The molecule has 6 heteroatoms. The average molecular weight is 433 g/mol. The summed E-state index contributed by atoms with van der Waals surface area (Å²) in [6, 6.07) is 21.5. The first-order chi connectivity index (χ1) is 15.5. The fourth-order valence-electron chi connectivity index (χ4n) is 3.27. The number of aryl methyl sites for hydroxylation is 1. The number of methoxy groups -OCH3 is 1. The van der Waals surface area contributed by atoms with Crippen LogP contribution in [-0.2, 0) is 22.6 Å². The lowest BCUT2D eigenvalue weighted by molar-refractivity contribution is -0.118. The van der Waals surface area contributed by atoms with E-state index in [-0.39, 0.29) is 12.5 Å². The van der Waals surface area contributed by atoms with Crippen molar-refractivity contribution in [3.63, 3.8) is 0 Å². The topological polar surface area (TPSA) is 76.7 Å². The van der Waals surface area contributed by atoms with E-state index in [1.807, 2.05) is 62.4 Å². The van der Waals surface area contributed by atoms with Gasteiger partial charge in [0.25, 0.3) is 0 Å². The highest BCUT2D eigenvalue weighted by molar-refractivity contribution is 5.96. The molecular weight excluding hydrogens is 404 g/mol. The van der Waals surface area contributed by atoms with Crippen molar-refractivity contribution in [1.29, 1.82) is 0 Å². The quantitative estimate of drug-likeness (QED) is 0.537. The Hall–Kier alpha value is -3.80. The second-order valence-electron chi connectivity index (χ2n) is 7.54. The summed E-state index contributed by atoms with van der Waals surface area (Å²) in [6.45, 7) is 4.16. The Balaban J connectivity index is 1.72. The molecule has 3 aromatic carbocycles. The third kappa shape index (κ3) is 6.35. The molecule has 166 valence electrons. The highest BCUT2D eigenvalue weighted by Crippen LogP contribution is 2.18. The number of hydrogen-bond donors (Lipinski definition) is 2. The molecule has 32 heavy (non-hydrogen) atoms. The molecule has 1 atom stereocenters. The van der Waals surface area contributed by atoms with Gasteiger partial charge in [-0.15, -0.1) is 0 Å². The van der Waals surface area contributed by atoms with E-state index in [0.717, 1.165) is 22.3 Å². The van der Waals surface area contributed by atoms with E-state index in [9.17, 15) is 9.59 Å². The average Bonchev–Trinajstić information content (AvgIpc) is 2.81. The van der Waals surface area contributed by atoms with Crippen LogP contribution >= 0.6 is 0 Å². The second kappa shape index (κ2) is 11.0. The minimum Gasteiger partial charge on any atom is -0.497 e. The molecule has 0 spiro atoms. The van der Waals surface area contributed by atoms with Gasteiger partial charge in [-0.1, -0.05) is 48.5 Å². The normalized spacial score (nSPS) is 11.3. The third-order valence-corrected chi connectivity index (χ3v) is 5.32. The standard InChI is InChI=1S/C26H28N2O4/c1-18-8-7-11-21(19(18)2)16-24(25(29)27-22-12-14-23(31-3)15-13-22)28-26(30)32-17-20-9-5-4-6-10-20/h4-15,24H,16-17H2,1-3H3,(H,27,29)(H,28,30)/t24-/m0/s1. The highest BCUT2D eigenvalue weighted by Gasteiger charge is 2.23. The van der Waals surface area contributed by atoms with Gasteiger partial charge in [-0.2, -0.15) is 0 Å². The Morgan fingerprint density at radius 3 is 2.31 bits per heavy atom. The van der Waals surface area contributed by atoms with Gasteiger partial charge < -0.3 is 20.1 Å². The van der Waals surface area contributed by atoms with Crippen LogP contribution in [0.25, 0.3) is 0 Å². The summed E-state index contributed by atoms with van der Waals surface area (Å²) in [6.07, 6.45) is -0.301. The number of nitrogens with one attached hydrogen (secondary N) is 2. The lowest BCUT2D eigenvalue weighted by atomic mass is 9.97. The molecule has 0 aliphatic carbocycles. The van der Waals surface area contributed by atoms with Crippen molar-refractivity contribution < 1.29 is 19.1 Å². The summed E-state index contributed by atoms with van der Waals surface area (Å²) in [5.41, 5.74) is 4.69. The molecule has 3 rings (SSSR count). The molecule has 0 saturated heterocycles. The molecule has 0 fully saturated rings. The van der Waals surface area contributed by atoms with E-state index < -0.39 is 12.1 Å². The van der Waals surface area contributed by atoms with Gasteiger partial charge in [0.2, 0.25) is 5.91 Å². The van der Waals surface area contributed by atoms with Crippen molar-refractivity contribution in [3.05, 3.63) is 95.1 Å². The second-order valence-corrected chi connectivity index (χ2v) is 7.54. The van der Waals surface area contributed by atoms with Crippen molar-refractivity contribution in [2.75, 3.05) is 12.4 Å². The molecule has 0 aliphatic rings. The van der Waals surface area contributed by atoms with E-state index in [1.165, 1.54) is 0 Å². The zero-order valence-corrected chi connectivity index (χ0v) is 18.6. The van der Waals surface area contributed by atoms with Crippen molar-refractivity contribution in [2.24, 2.45) is 0 Å². The van der Waals surface area contributed by atoms with Crippen LogP contribution in [0.5, 0.6) is 5.75 Å². The Kier molecular flexibility index (Phi) is 7.86. The lowest BCUT2D eigenvalue weighted by Gasteiger charge is -2.20. The molecular formula is C26H28N2O4. The number of benzene rings is 3. The predicted octanol–water partition coefficient (Wildman–Crippen LogP) is 4.79. The van der Waals surface area contributed by atoms with E-state index in [4.69, 9.17) is 9.47 Å². The number of rotatable bonds is 8. The Labute approximate surface area is 188 Å². The molecule has 6 nitrogen and oxygen atoms in total. The molecule has 0 unspecified atom stereocenters. The zero-order chi connectivity index (χ0) is 22.9. The minimum atomic E-state index is -0.805. The van der Waals surface area contributed by atoms with Crippen LogP contribution in [-0.4, -0.2) is 25.2 Å². The highest BCUT2D eigenvalue weighted by atomic mass is 16.5. The van der Waals surface area contributed by atoms with Gasteiger partial charge in [0, 0.05) is 12.1 Å². The smallest absolute Gasteiger partial charge is 0.408 e. The van der Waals surface area contributed by atoms with Crippen molar-refractivity contribution >= 4 is 17.7 Å². The summed E-state index contributed by atoms with van der Waals surface area (Å²) in [5.74, 6) is 0.366. The molecule has 2 amide bonds. The maximum absolute atomic E-state index is 13.1. The fraction of sp³-hybridized carbons (Fsp3) is 0.231. The number of amides is 2. The SMILES string of the molecule is COc1ccc(NC(=O)[C@H](Cc2cccc(C)c2C)NC(=O)OCc2ccccc2)cc1. The van der Waals surface area contributed by atoms with Gasteiger partial charge in [0.1, 0.15) is 18.4 Å². The summed E-state index contributed by atoms with van der Waals surface area (Å²) in [5, 5.41) is 5.59. The fourth-order valence-corrected chi connectivity index (χ4v) is 3.27. The number of carbonyl (C=O) groups is 2. The monoisotopic (exact) mass is 432 g/mol. The molecule has 0 aliphatic heterocycles. The Morgan fingerprint density at radius 2 is 1.62 bits per heavy atom. The predicted molar refractivity (Wildman–Crippen MR) is 125 cm³/mol. The first-order valence-electron chi connectivity index (χ1n) is 10.4. The van der Waals surface area contributed by atoms with Crippen LogP contribution in [0.2, 0.25) is 0 Å². The maximum atomic E-state index is 13.1. The summed E-state index contributed by atoms with van der Waals surface area (Å²) in [7, 11) is 1.58. The minimum absolute atomic E-state index is 0.128. The van der Waals surface area contributed by atoms with Crippen LogP contribution in [0.1, 0.15) is 22.3 Å². The maximum Gasteiger partial charge on any atom is 0.408 e. The number of ether oxygens (including phenoxy) is 2. The van der Waals surface area contributed by atoms with Crippen LogP contribution in [0.15, 0.2) is 72.8 Å². The van der Waals surface area contributed by atoms with Gasteiger partial charge >= 0.3 is 6.09 Å². The molecule has 0 saturated carbocycles. The van der Waals surface area contributed by atoms with Crippen LogP contribution in [0, 0.1) is 13.8 Å². The molecule has 0 bridgehead atoms. The van der Waals surface area contributed by atoms with Gasteiger partial charge in [0.15, 0.2) is 0 Å². The number of anilines is 1. The zero-order valence-electron chi connectivity index (χ0n) is 18.6. The van der Waals surface area contributed by atoms with E-state index in [2.05, 4.69) is 10.6 Å². The number of carbonyl (C=O) groups excluding carboxylic acids is 2. The van der Waals surface area contributed by atoms with E-state index in [0.29, 0.717) is 17.9 Å². The number of alkyl carbamates (subject to hydrolysis) is 1. The number of hydrogen-bond acceptors (Lipinski definition) is 4. The molecule has 2 N–H and O–H groups in total. The first-order valence-corrected chi connectivity index (χ1v) is 10.4. The molecule has 0 aromatic heterocycles. The van der Waals surface area contributed by atoms with Crippen LogP contribution in [0.3, 0.4) is 0 Å². The van der Waals surface area contributed by atoms with Gasteiger partial charge in [-0.3, -0.25) is 4.79 Å². The Bertz CT molecular complexity index is 1050. The van der Waals surface area contributed by atoms with Crippen LogP contribution in [0.4, 0.5) is 10.5 Å². The van der Waals surface area contributed by atoms with Gasteiger partial charge in [0.05, 0.1) is 7.11 Å². The van der Waals surface area contributed by atoms with Crippen LogP contribution < -0.4 is 15.4 Å². The van der Waals surface area contributed by atoms with Gasteiger partial charge in [-0.25, -0.2) is 4.79 Å². The summed E-state index contributed by atoms with van der Waals surface area (Å²) in [4.78, 5) is 25.5. The summed E-state index contributed by atoms with van der Waals surface area (Å²) < 4.78 is 10.5. The molecule has 3 aromatic rings. The summed E-state index contributed by atoms with van der Waals surface area (Å²) >= 11 is 0. The van der Waals surface area contributed by atoms with Crippen molar-refractivity contribution in [3.8, 4) is 5.75 Å². The first kappa shape index (κ1) is 22.9. The van der Waals surface area contributed by atoms with E-state index >= 15 is 0 Å². The van der Waals surface area contributed by atoms with Crippen molar-refractivity contribution in [1.82, 2.24) is 5.32 Å². The molecule has 0 radical (unpaired) electrons.